The Morgan fingerprint density at radius 1 is 0.927 bits per heavy atom. The Morgan fingerprint density at radius 3 is 2.22 bits per heavy atom. The van der Waals surface area contributed by atoms with E-state index in [4.69, 9.17) is 27.6 Å². The highest BCUT2D eigenvalue weighted by Gasteiger charge is 2.23. The van der Waals surface area contributed by atoms with Crippen LogP contribution in [0.3, 0.4) is 0 Å². The fourth-order valence-electron chi connectivity index (χ4n) is 3.20. The number of carbonyl (C=O) groups is 4. The minimum Gasteiger partial charge on any atom is -0.458 e. The van der Waals surface area contributed by atoms with Crippen LogP contribution in [0.25, 0.3) is 0 Å². The molecule has 1 aromatic heterocycles. The van der Waals surface area contributed by atoms with Crippen molar-refractivity contribution in [1.29, 1.82) is 0 Å². The first kappa shape index (κ1) is 31.3. The first-order valence-corrected chi connectivity index (χ1v) is 13.8. The summed E-state index contributed by atoms with van der Waals surface area (Å²) in [6.07, 6.45) is 1.17. The van der Waals surface area contributed by atoms with E-state index in [0.29, 0.717) is 11.4 Å². The van der Waals surface area contributed by atoms with Crippen LogP contribution < -0.4 is 21.4 Å². The molecule has 1 heterocycles. The standard InChI is InChI=1S/C25H24Cl2N6O7S/c1-15(34)30-18-3-7-22(8-4-18)41(38,39)33(2)14-23(35)32-29-13-21-6-5-20(40-21)12-28-24(36)25(37)31-19-10-16(26)9-17(27)11-19/h3-11,13H,12,14H2,1-2H3,(H,28,36)(H,30,34)(H,31,37)(H,32,35)/b29-13-. The van der Waals surface area contributed by atoms with Crippen molar-refractivity contribution < 1.29 is 32.0 Å². The van der Waals surface area contributed by atoms with Gasteiger partial charge in [0.2, 0.25) is 15.9 Å². The highest BCUT2D eigenvalue weighted by Crippen LogP contribution is 2.22. The van der Waals surface area contributed by atoms with E-state index in [-0.39, 0.29) is 38.8 Å². The number of nitrogens with zero attached hydrogens (tertiary/aromatic N) is 2. The lowest BCUT2D eigenvalue weighted by Crippen LogP contribution is -2.36. The Labute approximate surface area is 244 Å². The van der Waals surface area contributed by atoms with Gasteiger partial charge < -0.3 is 20.4 Å². The number of furan rings is 1. The number of hydrogen-bond donors (Lipinski definition) is 4. The van der Waals surface area contributed by atoms with E-state index in [1.807, 2.05) is 0 Å². The molecule has 4 amide bonds. The van der Waals surface area contributed by atoms with Crippen LogP contribution in [0.1, 0.15) is 18.4 Å². The summed E-state index contributed by atoms with van der Waals surface area (Å²) in [5.74, 6) is -2.37. The van der Waals surface area contributed by atoms with E-state index in [2.05, 4.69) is 26.5 Å². The topological polar surface area (TPSA) is 179 Å². The molecule has 0 saturated carbocycles. The van der Waals surface area contributed by atoms with Crippen molar-refractivity contribution in [2.75, 3.05) is 24.2 Å². The maximum Gasteiger partial charge on any atom is 0.313 e. The van der Waals surface area contributed by atoms with Gasteiger partial charge in [-0.05, 0) is 54.6 Å². The fraction of sp³-hybridized carbons (Fsp3) is 0.160. The van der Waals surface area contributed by atoms with Crippen molar-refractivity contribution in [3.63, 3.8) is 0 Å². The summed E-state index contributed by atoms with van der Waals surface area (Å²) >= 11 is 11.7. The van der Waals surface area contributed by atoms with Gasteiger partial charge >= 0.3 is 11.8 Å². The summed E-state index contributed by atoms with van der Waals surface area (Å²) in [7, 11) is -2.75. The minimum atomic E-state index is -3.98. The fourth-order valence-corrected chi connectivity index (χ4v) is 4.86. The predicted molar refractivity (Wildman–Crippen MR) is 152 cm³/mol. The molecule has 0 unspecified atom stereocenters. The average Bonchev–Trinajstić information content (AvgIpc) is 3.34. The maximum atomic E-state index is 12.7. The molecular weight excluding hydrogens is 599 g/mol. The van der Waals surface area contributed by atoms with Crippen molar-refractivity contribution in [3.05, 3.63) is 76.2 Å². The number of rotatable bonds is 10. The Morgan fingerprint density at radius 2 is 1.59 bits per heavy atom. The first-order valence-electron chi connectivity index (χ1n) is 11.6. The van der Waals surface area contributed by atoms with Crippen molar-refractivity contribution in [1.82, 2.24) is 15.0 Å². The van der Waals surface area contributed by atoms with Crippen LogP contribution in [-0.2, 0) is 35.7 Å². The summed E-state index contributed by atoms with van der Waals surface area (Å²) in [5, 5.41) is 11.6. The Bertz CT molecular complexity index is 1570. The van der Waals surface area contributed by atoms with E-state index >= 15 is 0 Å². The molecule has 0 spiro atoms. The number of amides is 4. The number of sulfonamides is 1. The van der Waals surface area contributed by atoms with E-state index < -0.39 is 34.3 Å². The van der Waals surface area contributed by atoms with Crippen LogP contribution in [0.15, 0.2) is 69.0 Å². The summed E-state index contributed by atoms with van der Waals surface area (Å²) < 4.78 is 31.7. The second kappa shape index (κ2) is 13.9. The lowest BCUT2D eigenvalue weighted by atomic mass is 10.3. The highest BCUT2D eigenvalue weighted by molar-refractivity contribution is 7.89. The average molecular weight is 623 g/mol. The molecule has 3 aromatic rings. The van der Waals surface area contributed by atoms with E-state index in [0.717, 1.165) is 4.31 Å². The van der Waals surface area contributed by atoms with Gasteiger partial charge in [0.1, 0.15) is 11.5 Å². The number of likely N-dealkylation sites (N-methyl/N-ethyl adjacent to an activating group) is 1. The summed E-state index contributed by atoms with van der Waals surface area (Å²) in [4.78, 5) is 47.4. The SMILES string of the molecule is CC(=O)Nc1ccc(S(=O)(=O)N(C)CC(=O)N/N=C\c2ccc(CNC(=O)C(=O)Nc3cc(Cl)cc(Cl)c3)o2)cc1. The number of nitrogens with one attached hydrogen (secondary N) is 4. The van der Waals surface area contributed by atoms with Crippen molar-refractivity contribution in [2.45, 2.75) is 18.4 Å². The highest BCUT2D eigenvalue weighted by atomic mass is 35.5. The zero-order chi connectivity index (χ0) is 30.2. The molecule has 13 nitrogen and oxygen atoms in total. The third-order valence-electron chi connectivity index (χ3n) is 5.06. The zero-order valence-electron chi connectivity index (χ0n) is 21.6. The van der Waals surface area contributed by atoms with E-state index in [1.54, 1.807) is 0 Å². The largest absolute Gasteiger partial charge is 0.458 e. The molecule has 0 saturated heterocycles. The van der Waals surface area contributed by atoms with Crippen LogP contribution >= 0.6 is 23.2 Å². The molecule has 0 fully saturated rings. The molecule has 2 aromatic carbocycles. The summed E-state index contributed by atoms with van der Waals surface area (Å²) in [6.45, 7) is 0.693. The first-order chi connectivity index (χ1) is 19.3. The number of hydrogen-bond acceptors (Lipinski definition) is 8. The number of carbonyl (C=O) groups excluding carboxylic acids is 4. The van der Waals surface area contributed by atoms with Crippen molar-refractivity contribution >= 4 is 74.4 Å². The van der Waals surface area contributed by atoms with Crippen molar-refractivity contribution in [3.8, 4) is 0 Å². The molecule has 3 rings (SSSR count). The zero-order valence-corrected chi connectivity index (χ0v) is 23.9. The van der Waals surface area contributed by atoms with Gasteiger partial charge in [-0.3, -0.25) is 19.2 Å². The molecule has 216 valence electrons. The molecule has 0 atom stereocenters. The molecule has 4 N–H and O–H groups in total. The normalized spacial score (nSPS) is 11.3. The second-order valence-corrected chi connectivity index (χ2v) is 11.3. The van der Waals surface area contributed by atoms with Crippen LogP contribution in [0.5, 0.6) is 0 Å². The second-order valence-electron chi connectivity index (χ2n) is 8.36. The van der Waals surface area contributed by atoms with Gasteiger partial charge in [0, 0.05) is 35.4 Å². The van der Waals surface area contributed by atoms with Crippen LogP contribution in [0, 0.1) is 0 Å². The minimum absolute atomic E-state index is 0.0630. The number of benzene rings is 2. The van der Waals surface area contributed by atoms with Gasteiger partial charge in [-0.1, -0.05) is 23.2 Å². The Hall–Kier alpha value is -4.24. The van der Waals surface area contributed by atoms with Crippen LogP contribution in [0.2, 0.25) is 10.0 Å². The quantitative estimate of drug-likeness (QED) is 0.152. The molecule has 0 aliphatic rings. The van der Waals surface area contributed by atoms with E-state index in [9.17, 15) is 27.6 Å². The lowest BCUT2D eigenvalue weighted by molar-refractivity contribution is -0.136. The molecule has 41 heavy (non-hydrogen) atoms. The number of halogens is 2. The summed E-state index contributed by atoms with van der Waals surface area (Å²) in [5.41, 5.74) is 2.88. The van der Waals surface area contributed by atoms with Gasteiger partial charge in [-0.25, -0.2) is 13.8 Å². The third-order valence-corrected chi connectivity index (χ3v) is 7.32. The number of hydrazone groups is 1. The Kier molecular flexibility index (Phi) is 10.6. The molecule has 16 heteroatoms. The monoisotopic (exact) mass is 622 g/mol. The van der Waals surface area contributed by atoms with Gasteiger partial charge in [-0.2, -0.15) is 9.41 Å². The molecular formula is C25H24Cl2N6O7S. The van der Waals surface area contributed by atoms with Crippen LogP contribution in [0.4, 0.5) is 11.4 Å². The molecule has 0 aliphatic heterocycles. The maximum absolute atomic E-state index is 12.7. The predicted octanol–water partition coefficient (Wildman–Crippen LogP) is 2.57. The molecule has 0 bridgehead atoms. The van der Waals surface area contributed by atoms with Gasteiger partial charge in [0.15, 0.2) is 0 Å². The lowest BCUT2D eigenvalue weighted by Gasteiger charge is -2.16. The van der Waals surface area contributed by atoms with Gasteiger partial charge in [0.25, 0.3) is 5.91 Å². The number of anilines is 2. The molecule has 0 aliphatic carbocycles. The van der Waals surface area contributed by atoms with Crippen LogP contribution in [-0.4, -0.2) is 56.2 Å². The van der Waals surface area contributed by atoms with E-state index in [1.165, 1.54) is 74.8 Å². The van der Waals surface area contributed by atoms with Gasteiger partial charge in [-0.15, -0.1) is 0 Å². The third kappa shape index (κ3) is 9.42. The smallest absolute Gasteiger partial charge is 0.313 e. The molecule has 0 radical (unpaired) electrons. The Balaban J connectivity index is 1.46. The summed E-state index contributed by atoms with van der Waals surface area (Å²) in [6, 6.07) is 12.9. The van der Waals surface area contributed by atoms with Gasteiger partial charge in [0.05, 0.1) is 24.2 Å². The van der Waals surface area contributed by atoms with Crippen molar-refractivity contribution in [2.24, 2.45) is 5.10 Å².